The normalized spacial score (nSPS) is 12.9. The SMILES string of the molecule is CCc1ccc2c(c1)n(CCOC)c(=O)n2C(CCC=O)N(C)O. The molecule has 1 atom stereocenters. The molecule has 1 unspecified atom stereocenters. The third kappa shape index (κ3) is 3.58. The molecule has 0 amide bonds. The first kappa shape index (κ1) is 18.4. The topological polar surface area (TPSA) is 76.7 Å². The van der Waals surface area contributed by atoms with E-state index in [1.54, 1.807) is 16.2 Å². The Morgan fingerprint density at radius 1 is 1.38 bits per heavy atom. The lowest BCUT2D eigenvalue weighted by Crippen LogP contribution is -2.35. The van der Waals surface area contributed by atoms with E-state index in [9.17, 15) is 14.8 Å². The van der Waals surface area contributed by atoms with E-state index < -0.39 is 6.17 Å². The van der Waals surface area contributed by atoms with E-state index in [0.29, 0.717) is 19.6 Å². The van der Waals surface area contributed by atoms with Crippen molar-refractivity contribution < 1.29 is 14.7 Å². The van der Waals surface area contributed by atoms with Gasteiger partial charge >= 0.3 is 5.69 Å². The van der Waals surface area contributed by atoms with Crippen LogP contribution in [0.15, 0.2) is 23.0 Å². The molecule has 24 heavy (non-hydrogen) atoms. The fourth-order valence-corrected chi connectivity index (χ4v) is 2.93. The van der Waals surface area contributed by atoms with Crippen molar-refractivity contribution >= 4 is 17.3 Å². The molecule has 1 heterocycles. The first-order valence-corrected chi connectivity index (χ1v) is 8.13. The van der Waals surface area contributed by atoms with Gasteiger partial charge < -0.3 is 14.7 Å². The van der Waals surface area contributed by atoms with Gasteiger partial charge in [-0.3, -0.25) is 9.13 Å². The molecule has 0 saturated carbocycles. The molecule has 0 fully saturated rings. The van der Waals surface area contributed by atoms with Gasteiger partial charge in [-0.25, -0.2) is 4.79 Å². The Morgan fingerprint density at radius 2 is 2.12 bits per heavy atom. The van der Waals surface area contributed by atoms with Crippen LogP contribution < -0.4 is 5.69 Å². The Kier molecular flexibility index (Phi) is 6.30. The van der Waals surface area contributed by atoms with Crippen molar-refractivity contribution in [2.24, 2.45) is 0 Å². The number of fused-ring (bicyclic) bond motifs is 1. The molecule has 7 nitrogen and oxygen atoms in total. The van der Waals surface area contributed by atoms with Crippen molar-refractivity contribution in [1.29, 1.82) is 0 Å². The van der Waals surface area contributed by atoms with Gasteiger partial charge in [0.25, 0.3) is 0 Å². The standard InChI is InChI=1S/C17H25N3O4/c1-4-13-7-8-14-15(12-13)19(9-11-24-3)17(22)20(14)16(18(2)23)6-5-10-21/h7-8,10,12,16,23H,4-6,9,11H2,1-3H3. The molecular weight excluding hydrogens is 310 g/mol. The van der Waals surface area contributed by atoms with Crippen LogP contribution in [0.1, 0.15) is 31.5 Å². The molecule has 132 valence electrons. The zero-order valence-corrected chi connectivity index (χ0v) is 14.4. The molecule has 0 spiro atoms. The summed E-state index contributed by atoms with van der Waals surface area (Å²) in [5, 5.41) is 11.0. The summed E-state index contributed by atoms with van der Waals surface area (Å²) in [5.74, 6) is 0. The van der Waals surface area contributed by atoms with E-state index in [1.165, 1.54) is 7.05 Å². The zero-order chi connectivity index (χ0) is 17.7. The molecule has 0 saturated heterocycles. The molecule has 0 aliphatic carbocycles. The number of methoxy groups -OCH3 is 1. The average molecular weight is 335 g/mol. The summed E-state index contributed by atoms with van der Waals surface area (Å²) in [6.45, 7) is 2.91. The van der Waals surface area contributed by atoms with Crippen LogP contribution in [0.2, 0.25) is 0 Å². The van der Waals surface area contributed by atoms with Gasteiger partial charge in [0.2, 0.25) is 0 Å². The fraction of sp³-hybridized carbons (Fsp3) is 0.529. The molecule has 1 aromatic carbocycles. The number of benzene rings is 1. The molecule has 7 heteroatoms. The van der Waals surface area contributed by atoms with Gasteiger partial charge in [0, 0.05) is 20.6 Å². The van der Waals surface area contributed by atoms with E-state index in [4.69, 9.17) is 4.74 Å². The number of hydroxylamine groups is 2. The lowest BCUT2D eigenvalue weighted by molar-refractivity contribution is -0.132. The minimum atomic E-state index is -0.596. The Morgan fingerprint density at radius 3 is 2.71 bits per heavy atom. The number of carbonyl (C=O) groups is 1. The maximum absolute atomic E-state index is 12.9. The molecule has 0 aliphatic heterocycles. The first-order valence-electron chi connectivity index (χ1n) is 8.13. The zero-order valence-electron chi connectivity index (χ0n) is 14.4. The van der Waals surface area contributed by atoms with E-state index >= 15 is 0 Å². The Bertz CT molecular complexity index is 748. The summed E-state index contributed by atoms with van der Waals surface area (Å²) in [6.07, 6.45) is 1.69. The number of imidazole rings is 1. The van der Waals surface area contributed by atoms with Crippen LogP contribution in [0, 0.1) is 0 Å². The first-order chi connectivity index (χ1) is 11.5. The number of hydrogen-bond acceptors (Lipinski definition) is 5. The number of hydrogen-bond donors (Lipinski definition) is 1. The van der Waals surface area contributed by atoms with E-state index in [-0.39, 0.29) is 12.1 Å². The highest BCUT2D eigenvalue weighted by Gasteiger charge is 2.23. The number of carbonyl (C=O) groups excluding carboxylic acids is 1. The minimum absolute atomic E-state index is 0.216. The van der Waals surface area contributed by atoms with E-state index in [2.05, 4.69) is 6.92 Å². The van der Waals surface area contributed by atoms with Gasteiger partial charge in [-0.1, -0.05) is 13.0 Å². The number of ether oxygens (including phenoxy) is 1. The molecule has 0 bridgehead atoms. The van der Waals surface area contributed by atoms with E-state index in [1.807, 2.05) is 18.2 Å². The van der Waals surface area contributed by atoms with Gasteiger partial charge in [-0.2, -0.15) is 5.06 Å². The highest BCUT2D eigenvalue weighted by molar-refractivity contribution is 5.77. The molecule has 0 radical (unpaired) electrons. The summed E-state index contributed by atoms with van der Waals surface area (Å²) < 4.78 is 8.32. The number of aldehydes is 1. The quantitative estimate of drug-likeness (QED) is 0.559. The van der Waals surface area contributed by atoms with Crippen LogP contribution in [-0.4, -0.2) is 46.5 Å². The second kappa shape index (κ2) is 8.23. The lowest BCUT2D eigenvalue weighted by atomic mass is 10.1. The number of nitrogens with zero attached hydrogens (tertiary/aromatic N) is 3. The summed E-state index contributed by atoms with van der Waals surface area (Å²) >= 11 is 0. The summed E-state index contributed by atoms with van der Waals surface area (Å²) in [6, 6.07) is 5.88. The maximum atomic E-state index is 12.9. The second-order valence-corrected chi connectivity index (χ2v) is 5.77. The van der Waals surface area contributed by atoms with Gasteiger partial charge in [0.1, 0.15) is 12.5 Å². The van der Waals surface area contributed by atoms with Crippen molar-refractivity contribution in [2.75, 3.05) is 20.8 Å². The summed E-state index contributed by atoms with van der Waals surface area (Å²) in [5.41, 5.74) is 2.47. The van der Waals surface area contributed by atoms with Gasteiger partial charge in [0.15, 0.2) is 0 Å². The van der Waals surface area contributed by atoms with Crippen LogP contribution >= 0.6 is 0 Å². The largest absolute Gasteiger partial charge is 0.383 e. The van der Waals surface area contributed by atoms with Gasteiger partial charge in [-0.15, -0.1) is 0 Å². The Hall–Kier alpha value is -1.96. The Balaban J connectivity index is 2.65. The van der Waals surface area contributed by atoms with Crippen LogP contribution in [0.3, 0.4) is 0 Å². The van der Waals surface area contributed by atoms with Crippen LogP contribution in [0.5, 0.6) is 0 Å². The number of aryl methyl sites for hydroxylation is 1. The van der Waals surface area contributed by atoms with Crippen LogP contribution in [0.25, 0.3) is 11.0 Å². The maximum Gasteiger partial charge on any atom is 0.330 e. The van der Waals surface area contributed by atoms with Crippen LogP contribution in [0.4, 0.5) is 0 Å². The molecule has 1 aromatic heterocycles. The van der Waals surface area contributed by atoms with Crippen molar-refractivity contribution in [3.8, 4) is 0 Å². The molecular formula is C17H25N3O4. The number of rotatable bonds is 9. The third-order valence-corrected chi connectivity index (χ3v) is 4.23. The third-order valence-electron chi connectivity index (χ3n) is 4.23. The van der Waals surface area contributed by atoms with Gasteiger partial charge in [-0.05, 0) is 30.5 Å². The van der Waals surface area contributed by atoms with E-state index in [0.717, 1.165) is 34.4 Å². The molecule has 2 aromatic rings. The Labute approximate surface area is 141 Å². The second-order valence-electron chi connectivity index (χ2n) is 5.77. The van der Waals surface area contributed by atoms with Gasteiger partial charge in [0.05, 0.1) is 24.2 Å². The average Bonchev–Trinajstić information content (AvgIpc) is 2.84. The molecule has 2 rings (SSSR count). The van der Waals surface area contributed by atoms with Crippen molar-refractivity contribution in [3.63, 3.8) is 0 Å². The van der Waals surface area contributed by atoms with Crippen molar-refractivity contribution in [1.82, 2.24) is 14.2 Å². The number of aromatic nitrogens is 2. The summed E-state index contributed by atoms with van der Waals surface area (Å²) in [7, 11) is 3.08. The monoisotopic (exact) mass is 335 g/mol. The molecule has 0 aliphatic rings. The highest BCUT2D eigenvalue weighted by atomic mass is 16.5. The minimum Gasteiger partial charge on any atom is -0.383 e. The predicted octanol–water partition coefficient (Wildman–Crippen LogP) is 1.81. The highest BCUT2D eigenvalue weighted by Crippen LogP contribution is 2.23. The van der Waals surface area contributed by atoms with Crippen LogP contribution in [-0.2, 0) is 22.5 Å². The fourth-order valence-electron chi connectivity index (χ4n) is 2.93. The van der Waals surface area contributed by atoms with Crippen molar-refractivity contribution in [2.45, 2.75) is 38.9 Å². The smallest absolute Gasteiger partial charge is 0.330 e. The van der Waals surface area contributed by atoms with Crippen molar-refractivity contribution in [3.05, 3.63) is 34.2 Å². The summed E-state index contributed by atoms with van der Waals surface area (Å²) in [4.78, 5) is 23.7. The predicted molar refractivity (Wildman–Crippen MR) is 91.3 cm³/mol. The lowest BCUT2D eigenvalue weighted by Gasteiger charge is -2.23. The molecule has 1 N–H and O–H groups in total.